The second kappa shape index (κ2) is 4.18. The van der Waals surface area contributed by atoms with Crippen LogP contribution < -0.4 is 10.5 Å². The number of rotatable bonds is 2. The van der Waals surface area contributed by atoms with E-state index in [-0.39, 0.29) is 11.5 Å². The molecule has 0 bridgehead atoms. The predicted molar refractivity (Wildman–Crippen MR) is 66.3 cm³/mol. The number of halogens is 1. The zero-order valence-corrected chi connectivity index (χ0v) is 10.2. The fourth-order valence-electron chi connectivity index (χ4n) is 1.60. The summed E-state index contributed by atoms with van der Waals surface area (Å²) in [5.41, 5.74) is 6.80. The van der Waals surface area contributed by atoms with Crippen LogP contribution in [0.3, 0.4) is 0 Å². The van der Waals surface area contributed by atoms with E-state index in [1.807, 2.05) is 0 Å². The van der Waals surface area contributed by atoms with Gasteiger partial charge in [-0.15, -0.1) is 0 Å². The summed E-state index contributed by atoms with van der Waals surface area (Å²) in [7, 11) is 3.18. The zero-order chi connectivity index (χ0) is 12.6. The van der Waals surface area contributed by atoms with Crippen molar-refractivity contribution in [2.24, 2.45) is 7.05 Å². The number of nitrogens with two attached hydrogens (primary N) is 1. The van der Waals surface area contributed by atoms with E-state index in [0.717, 1.165) is 0 Å². The molecule has 2 aromatic rings. The lowest BCUT2D eigenvalue weighted by Gasteiger charge is -2.09. The Morgan fingerprint density at radius 1 is 1.47 bits per heavy atom. The average Bonchev–Trinajstić information content (AvgIpc) is 2.61. The smallest absolute Gasteiger partial charge is 0.171 e. The Balaban J connectivity index is 2.69. The molecule has 17 heavy (non-hydrogen) atoms. The van der Waals surface area contributed by atoms with Gasteiger partial charge in [-0.25, -0.2) is 0 Å². The number of nitrogen functional groups attached to an aromatic ring is 1. The molecule has 0 aliphatic heterocycles. The molecule has 90 valence electrons. The maximum atomic E-state index is 9.70. The highest BCUT2D eigenvalue weighted by molar-refractivity contribution is 6.33. The Hall–Kier alpha value is -1.88. The van der Waals surface area contributed by atoms with Crippen LogP contribution >= 0.6 is 11.6 Å². The first-order valence-electron chi connectivity index (χ1n) is 4.90. The first-order valence-corrected chi connectivity index (χ1v) is 5.27. The minimum absolute atomic E-state index is 0.0103. The Morgan fingerprint density at radius 3 is 2.71 bits per heavy atom. The first kappa shape index (κ1) is 11.6. The molecule has 0 spiro atoms. The van der Waals surface area contributed by atoms with Gasteiger partial charge < -0.3 is 15.6 Å². The minimum Gasteiger partial charge on any atom is -0.504 e. The van der Waals surface area contributed by atoms with Crippen LogP contribution in [-0.2, 0) is 7.05 Å². The third-order valence-corrected chi connectivity index (χ3v) is 2.78. The number of aryl methyl sites for hydroxylation is 1. The molecule has 3 N–H and O–H groups in total. The van der Waals surface area contributed by atoms with E-state index in [2.05, 4.69) is 5.10 Å². The van der Waals surface area contributed by atoms with E-state index in [1.165, 1.54) is 17.9 Å². The maximum Gasteiger partial charge on any atom is 0.171 e. The summed E-state index contributed by atoms with van der Waals surface area (Å²) >= 11 is 6.10. The number of phenols is 1. The molecule has 1 aromatic carbocycles. The molecule has 0 atom stereocenters. The average molecular weight is 254 g/mol. The van der Waals surface area contributed by atoms with Crippen molar-refractivity contribution in [1.82, 2.24) is 9.78 Å². The molecule has 1 aromatic heterocycles. The van der Waals surface area contributed by atoms with E-state index < -0.39 is 0 Å². The first-order chi connectivity index (χ1) is 8.04. The van der Waals surface area contributed by atoms with Gasteiger partial charge in [0.2, 0.25) is 0 Å². The number of nitrogens with zero attached hydrogens (tertiary/aromatic N) is 2. The van der Waals surface area contributed by atoms with Crippen molar-refractivity contribution in [3.63, 3.8) is 0 Å². The highest BCUT2D eigenvalue weighted by atomic mass is 35.5. The van der Waals surface area contributed by atoms with Gasteiger partial charge >= 0.3 is 0 Å². The summed E-state index contributed by atoms with van der Waals surface area (Å²) in [4.78, 5) is 0. The van der Waals surface area contributed by atoms with E-state index >= 15 is 0 Å². The van der Waals surface area contributed by atoms with Gasteiger partial charge in [-0.2, -0.15) is 5.10 Å². The van der Waals surface area contributed by atoms with Crippen LogP contribution in [0.4, 0.5) is 5.82 Å². The fraction of sp³-hybridized carbons (Fsp3) is 0.182. The topological polar surface area (TPSA) is 73.3 Å². The molecule has 6 heteroatoms. The van der Waals surface area contributed by atoms with Crippen molar-refractivity contribution in [2.75, 3.05) is 12.8 Å². The van der Waals surface area contributed by atoms with Gasteiger partial charge in [0.25, 0.3) is 0 Å². The highest BCUT2D eigenvalue weighted by Gasteiger charge is 2.17. The summed E-state index contributed by atoms with van der Waals surface area (Å²) in [6.45, 7) is 0. The quantitative estimate of drug-likeness (QED) is 0.859. The van der Waals surface area contributed by atoms with Gasteiger partial charge in [-0.3, -0.25) is 4.68 Å². The molecule has 5 nitrogen and oxygen atoms in total. The molecular weight excluding hydrogens is 242 g/mol. The Kier molecular flexibility index (Phi) is 2.85. The van der Waals surface area contributed by atoms with Crippen molar-refractivity contribution < 1.29 is 9.84 Å². The number of ether oxygens (including phenoxy) is 1. The maximum absolute atomic E-state index is 9.70. The SMILES string of the molecule is COc1c(O)ccc(Cl)c1-c1cc(N)n(C)n1. The number of phenolic OH excluding ortho intramolecular Hbond substituents is 1. The molecule has 0 aliphatic carbocycles. The van der Waals surface area contributed by atoms with E-state index in [0.29, 0.717) is 22.1 Å². The van der Waals surface area contributed by atoms with Crippen molar-refractivity contribution in [3.05, 3.63) is 23.2 Å². The second-order valence-corrected chi connectivity index (χ2v) is 3.96. The predicted octanol–water partition coefficient (Wildman–Crippen LogP) is 2.04. The Morgan fingerprint density at radius 2 is 2.18 bits per heavy atom. The van der Waals surface area contributed by atoms with Crippen LogP contribution in [0.25, 0.3) is 11.3 Å². The minimum atomic E-state index is 0.0103. The number of benzene rings is 1. The van der Waals surface area contributed by atoms with Crippen LogP contribution in [0.5, 0.6) is 11.5 Å². The van der Waals surface area contributed by atoms with Gasteiger partial charge in [0.15, 0.2) is 11.5 Å². The third kappa shape index (κ3) is 1.89. The van der Waals surface area contributed by atoms with E-state index in [4.69, 9.17) is 22.1 Å². The third-order valence-electron chi connectivity index (χ3n) is 2.46. The number of methoxy groups -OCH3 is 1. The monoisotopic (exact) mass is 253 g/mol. The molecule has 0 radical (unpaired) electrons. The Labute approximate surface area is 103 Å². The highest BCUT2D eigenvalue weighted by Crippen LogP contribution is 2.41. The van der Waals surface area contributed by atoms with Crippen LogP contribution in [0.1, 0.15) is 0 Å². The summed E-state index contributed by atoms with van der Waals surface area (Å²) in [5, 5.41) is 14.4. The van der Waals surface area contributed by atoms with Crippen LogP contribution in [0.2, 0.25) is 5.02 Å². The van der Waals surface area contributed by atoms with Crippen molar-refractivity contribution >= 4 is 17.4 Å². The zero-order valence-electron chi connectivity index (χ0n) is 9.44. The van der Waals surface area contributed by atoms with Gasteiger partial charge in [0, 0.05) is 13.1 Å². The molecule has 0 fully saturated rings. The Bertz CT molecular complexity index is 547. The lowest BCUT2D eigenvalue weighted by atomic mass is 10.1. The van der Waals surface area contributed by atoms with E-state index in [9.17, 15) is 5.11 Å². The van der Waals surface area contributed by atoms with E-state index in [1.54, 1.807) is 19.2 Å². The van der Waals surface area contributed by atoms with Gasteiger partial charge in [0.1, 0.15) is 5.82 Å². The fourth-order valence-corrected chi connectivity index (χ4v) is 1.84. The van der Waals surface area contributed by atoms with Crippen LogP contribution in [0, 0.1) is 0 Å². The number of hydrogen-bond acceptors (Lipinski definition) is 4. The molecule has 1 heterocycles. The van der Waals surface area contributed by atoms with Crippen molar-refractivity contribution in [2.45, 2.75) is 0 Å². The molecule has 2 rings (SSSR count). The summed E-state index contributed by atoms with van der Waals surface area (Å²) in [6.07, 6.45) is 0. The lowest BCUT2D eigenvalue weighted by molar-refractivity contribution is 0.375. The van der Waals surface area contributed by atoms with Crippen LogP contribution in [-0.4, -0.2) is 22.0 Å². The molecule has 0 unspecified atom stereocenters. The summed E-state index contributed by atoms with van der Waals surface area (Å²) in [6, 6.07) is 4.72. The largest absolute Gasteiger partial charge is 0.504 e. The number of hydrogen-bond donors (Lipinski definition) is 2. The van der Waals surface area contributed by atoms with Crippen molar-refractivity contribution in [3.8, 4) is 22.8 Å². The normalized spacial score (nSPS) is 10.5. The summed E-state index contributed by atoms with van der Waals surface area (Å²) in [5.74, 6) is 0.799. The molecular formula is C11H12ClN3O2. The molecule has 0 saturated heterocycles. The number of aromatic nitrogens is 2. The second-order valence-electron chi connectivity index (χ2n) is 3.55. The standard InChI is InChI=1S/C11H12ClN3O2/c1-15-9(13)5-7(14-15)10-6(12)3-4-8(16)11(10)17-2/h3-5,16H,13H2,1-2H3. The molecule has 0 aliphatic rings. The molecule has 0 saturated carbocycles. The van der Waals surface area contributed by atoms with Crippen LogP contribution in [0.15, 0.2) is 18.2 Å². The van der Waals surface area contributed by atoms with Crippen molar-refractivity contribution in [1.29, 1.82) is 0 Å². The number of aromatic hydroxyl groups is 1. The lowest BCUT2D eigenvalue weighted by Crippen LogP contribution is -1.97. The molecule has 0 amide bonds. The van der Waals surface area contributed by atoms with Gasteiger partial charge in [-0.05, 0) is 12.1 Å². The van der Waals surface area contributed by atoms with Gasteiger partial charge in [-0.1, -0.05) is 11.6 Å². The number of anilines is 1. The summed E-state index contributed by atoms with van der Waals surface area (Å²) < 4.78 is 6.66. The van der Waals surface area contributed by atoms with Gasteiger partial charge in [0.05, 0.1) is 23.4 Å².